The summed E-state index contributed by atoms with van der Waals surface area (Å²) in [5.74, 6) is 0.966. The number of ether oxygens (including phenoxy) is 2. The van der Waals surface area contributed by atoms with Crippen LogP contribution in [0.25, 0.3) is 16.7 Å². The molecule has 0 saturated carbocycles. The molecule has 30 heavy (non-hydrogen) atoms. The first-order valence-electron chi connectivity index (χ1n) is 9.88. The Bertz CT molecular complexity index is 1150. The molecule has 4 rings (SSSR count). The molecule has 7 heteroatoms. The Morgan fingerprint density at radius 3 is 2.80 bits per heavy atom. The second kappa shape index (κ2) is 8.92. The summed E-state index contributed by atoms with van der Waals surface area (Å²) >= 11 is 0. The second-order valence-corrected chi connectivity index (χ2v) is 7.05. The first-order valence-corrected chi connectivity index (χ1v) is 9.88. The van der Waals surface area contributed by atoms with E-state index < -0.39 is 0 Å². The van der Waals surface area contributed by atoms with Crippen molar-refractivity contribution in [1.29, 1.82) is 0 Å². The van der Waals surface area contributed by atoms with Crippen molar-refractivity contribution in [2.24, 2.45) is 0 Å². The maximum atomic E-state index is 12.9. The highest BCUT2D eigenvalue weighted by molar-refractivity contribution is 5.97. The van der Waals surface area contributed by atoms with Gasteiger partial charge in [-0.3, -0.25) is 9.78 Å². The van der Waals surface area contributed by atoms with E-state index in [4.69, 9.17) is 9.47 Å². The summed E-state index contributed by atoms with van der Waals surface area (Å²) in [7, 11) is 1.67. The quantitative estimate of drug-likeness (QED) is 0.338. The minimum atomic E-state index is -0.110. The third-order valence-corrected chi connectivity index (χ3v) is 4.97. The maximum absolute atomic E-state index is 12.9. The van der Waals surface area contributed by atoms with Crippen molar-refractivity contribution in [3.8, 4) is 11.4 Å². The van der Waals surface area contributed by atoms with E-state index in [9.17, 15) is 4.79 Å². The number of fused-ring (bicyclic) bond motifs is 1. The van der Waals surface area contributed by atoms with Crippen LogP contribution >= 0.6 is 0 Å². The standard InChI is InChI=1S/C23H24N4O3/c1-16-19(24-9-8-22(16)30-13-5-12-29-2)15-21(28)23-25-18-7-6-17(14-20(18)26-23)27-10-3-4-11-27/h3-4,6-11,14H,5,12-13,15H2,1-2H3,(H,25,26). The third-order valence-electron chi connectivity index (χ3n) is 4.97. The number of aromatic nitrogens is 4. The molecule has 0 saturated heterocycles. The molecule has 0 radical (unpaired) electrons. The molecule has 1 N–H and O–H groups in total. The molecular formula is C23H24N4O3. The van der Waals surface area contributed by atoms with Gasteiger partial charge in [-0.15, -0.1) is 0 Å². The molecule has 0 atom stereocenters. The van der Waals surface area contributed by atoms with Crippen LogP contribution in [0.5, 0.6) is 5.75 Å². The topological polar surface area (TPSA) is 82.0 Å². The number of hydrogen-bond acceptors (Lipinski definition) is 5. The summed E-state index contributed by atoms with van der Waals surface area (Å²) in [6.45, 7) is 3.12. The molecule has 0 fully saturated rings. The number of imidazole rings is 1. The number of carbonyl (C=O) groups excluding carboxylic acids is 1. The van der Waals surface area contributed by atoms with Crippen molar-refractivity contribution in [1.82, 2.24) is 19.5 Å². The number of carbonyl (C=O) groups is 1. The normalized spacial score (nSPS) is 11.1. The van der Waals surface area contributed by atoms with Crippen LogP contribution in [0, 0.1) is 6.92 Å². The van der Waals surface area contributed by atoms with E-state index in [1.54, 1.807) is 13.3 Å². The monoisotopic (exact) mass is 404 g/mol. The van der Waals surface area contributed by atoms with Crippen molar-refractivity contribution < 1.29 is 14.3 Å². The number of hydrogen-bond donors (Lipinski definition) is 1. The van der Waals surface area contributed by atoms with Gasteiger partial charge in [0, 0.05) is 50.0 Å². The first-order chi connectivity index (χ1) is 14.7. The number of methoxy groups -OCH3 is 1. The fourth-order valence-electron chi connectivity index (χ4n) is 3.31. The lowest BCUT2D eigenvalue weighted by Gasteiger charge is -2.11. The average Bonchev–Trinajstić information content (AvgIpc) is 3.43. The largest absolute Gasteiger partial charge is 0.493 e. The number of ketones is 1. The predicted octanol–water partition coefficient (Wildman–Crippen LogP) is 3.90. The Morgan fingerprint density at radius 2 is 2.00 bits per heavy atom. The molecule has 1 aromatic carbocycles. The highest BCUT2D eigenvalue weighted by Crippen LogP contribution is 2.22. The van der Waals surface area contributed by atoms with E-state index in [2.05, 4.69) is 15.0 Å². The fraction of sp³-hybridized carbons (Fsp3) is 0.261. The fourth-order valence-corrected chi connectivity index (χ4v) is 3.31. The lowest BCUT2D eigenvalue weighted by Crippen LogP contribution is -2.10. The molecule has 0 aliphatic rings. The Hall–Kier alpha value is -3.45. The number of pyridine rings is 1. The number of Topliss-reactive ketones (excluding diaryl/α,β-unsaturated/α-hetero) is 1. The molecule has 0 unspecified atom stereocenters. The molecule has 3 aromatic heterocycles. The lowest BCUT2D eigenvalue weighted by atomic mass is 10.1. The van der Waals surface area contributed by atoms with Gasteiger partial charge in [-0.1, -0.05) is 0 Å². The Labute approximate surface area is 174 Å². The number of nitrogens with zero attached hydrogens (tertiary/aromatic N) is 3. The summed E-state index contributed by atoms with van der Waals surface area (Å²) in [6, 6.07) is 11.6. The van der Waals surface area contributed by atoms with Crippen LogP contribution in [0.2, 0.25) is 0 Å². The van der Waals surface area contributed by atoms with Crippen molar-refractivity contribution in [3.05, 3.63) is 72.1 Å². The van der Waals surface area contributed by atoms with E-state index >= 15 is 0 Å². The minimum absolute atomic E-state index is 0.110. The summed E-state index contributed by atoms with van der Waals surface area (Å²) in [4.78, 5) is 24.9. The number of H-pyrrole nitrogens is 1. The van der Waals surface area contributed by atoms with E-state index in [1.807, 2.05) is 60.3 Å². The van der Waals surface area contributed by atoms with E-state index in [1.165, 1.54) is 0 Å². The molecular weight excluding hydrogens is 380 g/mol. The molecule has 0 aliphatic carbocycles. The zero-order valence-electron chi connectivity index (χ0n) is 17.1. The van der Waals surface area contributed by atoms with Crippen LogP contribution in [0.3, 0.4) is 0 Å². The van der Waals surface area contributed by atoms with Crippen molar-refractivity contribution >= 4 is 16.8 Å². The number of benzene rings is 1. The van der Waals surface area contributed by atoms with Crippen molar-refractivity contribution in [2.45, 2.75) is 19.8 Å². The zero-order chi connectivity index (χ0) is 20.9. The SMILES string of the molecule is COCCCOc1ccnc(CC(=O)c2nc3cc(-n4cccc4)ccc3[nH]2)c1C. The van der Waals surface area contributed by atoms with Crippen LogP contribution in [0.1, 0.15) is 28.3 Å². The van der Waals surface area contributed by atoms with E-state index in [0.717, 1.165) is 34.5 Å². The van der Waals surface area contributed by atoms with Crippen LogP contribution in [0.4, 0.5) is 0 Å². The van der Waals surface area contributed by atoms with Gasteiger partial charge in [0.15, 0.2) is 5.82 Å². The Morgan fingerprint density at radius 1 is 1.17 bits per heavy atom. The second-order valence-electron chi connectivity index (χ2n) is 7.05. The van der Waals surface area contributed by atoms with Gasteiger partial charge < -0.3 is 19.0 Å². The van der Waals surface area contributed by atoms with Gasteiger partial charge in [0.1, 0.15) is 5.75 Å². The number of aromatic amines is 1. The van der Waals surface area contributed by atoms with Crippen molar-refractivity contribution in [2.75, 3.05) is 20.3 Å². The van der Waals surface area contributed by atoms with E-state index in [0.29, 0.717) is 24.7 Å². The van der Waals surface area contributed by atoms with Gasteiger partial charge in [0.05, 0.1) is 29.8 Å². The molecule has 0 bridgehead atoms. The predicted molar refractivity (Wildman–Crippen MR) is 114 cm³/mol. The average molecular weight is 404 g/mol. The molecule has 4 aromatic rings. The third kappa shape index (κ3) is 4.26. The maximum Gasteiger partial charge on any atom is 0.204 e. The van der Waals surface area contributed by atoms with Crippen LogP contribution in [-0.4, -0.2) is 45.6 Å². The summed E-state index contributed by atoms with van der Waals surface area (Å²) in [6.07, 6.45) is 6.57. The molecule has 154 valence electrons. The summed E-state index contributed by atoms with van der Waals surface area (Å²) in [5, 5.41) is 0. The van der Waals surface area contributed by atoms with Crippen LogP contribution < -0.4 is 4.74 Å². The van der Waals surface area contributed by atoms with Crippen molar-refractivity contribution in [3.63, 3.8) is 0 Å². The Kier molecular flexibility index (Phi) is 5.90. The van der Waals surface area contributed by atoms with Gasteiger partial charge >= 0.3 is 0 Å². The smallest absolute Gasteiger partial charge is 0.204 e. The molecule has 0 amide bonds. The highest BCUT2D eigenvalue weighted by atomic mass is 16.5. The highest BCUT2D eigenvalue weighted by Gasteiger charge is 2.16. The summed E-state index contributed by atoms with van der Waals surface area (Å²) in [5.41, 5.74) is 4.14. The molecule has 3 heterocycles. The number of nitrogens with one attached hydrogen (secondary N) is 1. The Balaban J connectivity index is 1.50. The van der Waals surface area contributed by atoms with Crippen LogP contribution in [0.15, 0.2) is 55.0 Å². The lowest BCUT2D eigenvalue weighted by molar-refractivity contribution is 0.0983. The zero-order valence-corrected chi connectivity index (χ0v) is 17.1. The van der Waals surface area contributed by atoms with Gasteiger partial charge in [0.25, 0.3) is 0 Å². The first kappa shape index (κ1) is 19.8. The van der Waals surface area contributed by atoms with Crippen LogP contribution in [-0.2, 0) is 11.2 Å². The van der Waals surface area contributed by atoms with Gasteiger partial charge in [0.2, 0.25) is 5.78 Å². The van der Waals surface area contributed by atoms with Gasteiger partial charge in [-0.2, -0.15) is 0 Å². The van der Waals surface area contributed by atoms with Gasteiger partial charge in [-0.25, -0.2) is 4.98 Å². The van der Waals surface area contributed by atoms with E-state index in [-0.39, 0.29) is 12.2 Å². The minimum Gasteiger partial charge on any atom is -0.493 e. The summed E-state index contributed by atoms with van der Waals surface area (Å²) < 4.78 is 12.8. The molecule has 0 aliphatic heterocycles. The number of rotatable bonds is 9. The van der Waals surface area contributed by atoms with Gasteiger partial charge in [-0.05, 0) is 43.3 Å². The molecule has 7 nitrogen and oxygen atoms in total. The molecule has 0 spiro atoms.